The van der Waals surface area contributed by atoms with E-state index in [1.165, 1.54) is 28.7 Å². The Hall–Kier alpha value is -2.07. The molecular formula is C20H19ClN4O2S3. The maximum atomic E-state index is 12.0. The summed E-state index contributed by atoms with van der Waals surface area (Å²) in [6, 6.07) is 15.2. The van der Waals surface area contributed by atoms with Gasteiger partial charge in [-0.05, 0) is 54.4 Å². The van der Waals surface area contributed by atoms with E-state index in [4.69, 9.17) is 16.3 Å². The van der Waals surface area contributed by atoms with E-state index >= 15 is 0 Å². The summed E-state index contributed by atoms with van der Waals surface area (Å²) >= 11 is 10.3. The van der Waals surface area contributed by atoms with Crippen molar-refractivity contribution in [3.05, 3.63) is 64.7 Å². The Morgan fingerprint density at radius 1 is 1.13 bits per heavy atom. The van der Waals surface area contributed by atoms with E-state index in [2.05, 4.69) is 20.7 Å². The van der Waals surface area contributed by atoms with Crippen molar-refractivity contribution in [2.24, 2.45) is 5.10 Å². The lowest BCUT2D eigenvalue weighted by molar-refractivity contribution is -0.118. The van der Waals surface area contributed by atoms with Gasteiger partial charge in [0.1, 0.15) is 5.75 Å². The third-order valence-corrected chi connectivity index (χ3v) is 7.10. The SMILES string of the molecule is CCOc1ccc(/C=N/NC(=O)CSc2nnc(SCc3ccc(Cl)cc3)s2)cc1. The number of rotatable bonds is 10. The molecule has 3 aromatic rings. The molecule has 10 heteroatoms. The molecule has 2 aromatic carbocycles. The zero-order chi connectivity index (χ0) is 21.2. The van der Waals surface area contributed by atoms with Gasteiger partial charge in [0, 0.05) is 10.8 Å². The van der Waals surface area contributed by atoms with Gasteiger partial charge in [0.25, 0.3) is 5.91 Å². The quantitative estimate of drug-likeness (QED) is 0.247. The van der Waals surface area contributed by atoms with Crippen LogP contribution in [0.3, 0.4) is 0 Å². The predicted molar refractivity (Wildman–Crippen MR) is 125 cm³/mol. The number of carbonyl (C=O) groups excluding carboxylic acids is 1. The lowest BCUT2D eigenvalue weighted by Gasteiger charge is -2.02. The third kappa shape index (κ3) is 7.64. The van der Waals surface area contributed by atoms with Gasteiger partial charge >= 0.3 is 0 Å². The minimum absolute atomic E-state index is 0.201. The Morgan fingerprint density at radius 2 is 1.83 bits per heavy atom. The molecule has 3 rings (SSSR count). The second-order valence-corrected chi connectivity index (χ2v) is 9.69. The topological polar surface area (TPSA) is 76.5 Å². The Balaban J connectivity index is 1.38. The summed E-state index contributed by atoms with van der Waals surface area (Å²) in [6.45, 7) is 2.56. The van der Waals surface area contributed by atoms with Crippen LogP contribution in [0.4, 0.5) is 0 Å². The number of nitrogens with one attached hydrogen (secondary N) is 1. The van der Waals surface area contributed by atoms with Crippen LogP contribution in [-0.4, -0.2) is 34.7 Å². The maximum Gasteiger partial charge on any atom is 0.250 e. The van der Waals surface area contributed by atoms with Gasteiger partial charge in [-0.2, -0.15) is 5.10 Å². The fraction of sp³-hybridized carbons (Fsp3) is 0.200. The van der Waals surface area contributed by atoms with Crippen LogP contribution < -0.4 is 10.2 Å². The van der Waals surface area contributed by atoms with Crippen LogP contribution in [0.5, 0.6) is 5.75 Å². The molecule has 1 heterocycles. The first-order valence-electron chi connectivity index (χ1n) is 9.00. The molecule has 6 nitrogen and oxygen atoms in total. The highest BCUT2D eigenvalue weighted by molar-refractivity contribution is 8.03. The summed E-state index contributed by atoms with van der Waals surface area (Å²) in [7, 11) is 0. The normalized spacial score (nSPS) is 11.0. The molecule has 0 aliphatic heterocycles. The van der Waals surface area contributed by atoms with Crippen molar-refractivity contribution in [1.82, 2.24) is 15.6 Å². The first kappa shape index (κ1) is 22.6. The number of aromatic nitrogens is 2. The predicted octanol–water partition coefficient (Wildman–Crippen LogP) is 5.12. The molecular weight excluding hydrogens is 460 g/mol. The highest BCUT2D eigenvalue weighted by atomic mass is 35.5. The van der Waals surface area contributed by atoms with Crippen LogP contribution in [0.1, 0.15) is 18.1 Å². The molecule has 0 aliphatic rings. The Bertz CT molecular complexity index is 978. The zero-order valence-corrected chi connectivity index (χ0v) is 19.3. The van der Waals surface area contributed by atoms with Gasteiger partial charge in [-0.15, -0.1) is 10.2 Å². The Kier molecular flexibility index (Phi) is 9.00. The molecule has 30 heavy (non-hydrogen) atoms. The van der Waals surface area contributed by atoms with Crippen LogP contribution in [-0.2, 0) is 10.5 Å². The summed E-state index contributed by atoms with van der Waals surface area (Å²) in [5.41, 5.74) is 4.56. The van der Waals surface area contributed by atoms with E-state index in [9.17, 15) is 4.79 Å². The van der Waals surface area contributed by atoms with E-state index in [0.717, 1.165) is 30.8 Å². The first-order valence-corrected chi connectivity index (χ1v) is 12.2. The molecule has 0 radical (unpaired) electrons. The van der Waals surface area contributed by atoms with E-state index in [1.54, 1.807) is 18.0 Å². The van der Waals surface area contributed by atoms with Crippen molar-refractivity contribution >= 4 is 58.6 Å². The summed E-state index contributed by atoms with van der Waals surface area (Å²) < 4.78 is 7.00. The zero-order valence-electron chi connectivity index (χ0n) is 16.1. The average molecular weight is 479 g/mol. The molecule has 1 aromatic heterocycles. The van der Waals surface area contributed by atoms with Crippen molar-refractivity contribution in [3.63, 3.8) is 0 Å². The number of thioether (sulfide) groups is 2. The number of carbonyl (C=O) groups is 1. The standard InChI is InChI=1S/C20H19ClN4O2S3/c1-2-27-17-9-5-14(6-10-17)11-22-23-18(26)13-29-20-25-24-19(30-20)28-12-15-3-7-16(21)8-4-15/h3-11H,2,12-13H2,1H3,(H,23,26)/b22-11+. The van der Waals surface area contributed by atoms with Gasteiger partial charge < -0.3 is 4.74 Å². The molecule has 1 amide bonds. The van der Waals surface area contributed by atoms with Crippen LogP contribution in [0.15, 0.2) is 62.3 Å². The Labute approximate surface area is 192 Å². The van der Waals surface area contributed by atoms with Gasteiger partial charge in [-0.25, -0.2) is 5.43 Å². The molecule has 0 aliphatic carbocycles. The van der Waals surface area contributed by atoms with Crippen molar-refractivity contribution in [1.29, 1.82) is 0 Å². The molecule has 0 atom stereocenters. The van der Waals surface area contributed by atoms with E-state index in [1.807, 2.05) is 55.5 Å². The van der Waals surface area contributed by atoms with Crippen LogP contribution in [0, 0.1) is 0 Å². The fourth-order valence-corrected chi connectivity index (χ4v) is 5.09. The fourth-order valence-electron chi connectivity index (χ4n) is 2.19. The number of nitrogens with zero attached hydrogens (tertiary/aromatic N) is 3. The van der Waals surface area contributed by atoms with E-state index in [0.29, 0.717) is 6.61 Å². The summed E-state index contributed by atoms with van der Waals surface area (Å²) in [4.78, 5) is 12.0. The first-order chi connectivity index (χ1) is 14.6. The average Bonchev–Trinajstić information content (AvgIpc) is 3.21. The minimum Gasteiger partial charge on any atom is -0.494 e. The highest BCUT2D eigenvalue weighted by Crippen LogP contribution is 2.30. The molecule has 0 bridgehead atoms. The maximum absolute atomic E-state index is 12.0. The molecule has 1 N–H and O–H groups in total. The van der Waals surface area contributed by atoms with Crippen molar-refractivity contribution in [3.8, 4) is 5.75 Å². The van der Waals surface area contributed by atoms with Crippen molar-refractivity contribution in [2.75, 3.05) is 12.4 Å². The van der Waals surface area contributed by atoms with E-state index < -0.39 is 0 Å². The third-order valence-electron chi connectivity index (χ3n) is 3.58. The lowest BCUT2D eigenvalue weighted by Crippen LogP contribution is -2.19. The number of halogens is 1. The van der Waals surface area contributed by atoms with Gasteiger partial charge in [0.05, 0.1) is 18.6 Å². The number of amides is 1. The summed E-state index contributed by atoms with van der Waals surface area (Å²) in [5, 5.41) is 13.0. The van der Waals surface area contributed by atoms with Crippen LogP contribution >= 0.6 is 46.5 Å². The van der Waals surface area contributed by atoms with E-state index in [-0.39, 0.29) is 11.7 Å². The van der Waals surface area contributed by atoms with Crippen molar-refractivity contribution in [2.45, 2.75) is 21.4 Å². The largest absolute Gasteiger partial charge is 0.494 e. The number of ether oxygens (including phenoxy) is 1. The highest BCUT2D eigenvalue weighted by Gasteiger charge is 2.08. The second-order valence-electron chi connectivity index (χ2n) is 5.83. The van der Waals surface area contributed by atoms with Gasteiger partial charge in [-0.1, -0.05) is 58.6 Å². The second kappa shape index (κ2) is 11.9. The Morgan fingerprint density at radius 3 is 2.53 bits per heavy atom. The van der Waals surface area contributed by atoms with Gasteiger partial charge in [-0.3, -0.25) is 4.79 Å². The molecule has 156 valence electrons. The molecule has 0 spiro atoms. The number of benzene rings is 2. The summed E-state index contributed by atoms with van der Waals surface area (Å²) in [6.07, 6.45) is 1.59. The smallest absolute Gasteiger partial charge is 0.250 e. The van der Waals surface area contributed by atoms with Crippen LogP contribution in [0.25, 0.3) is 0 Å². The monoisotopic (exact) mass is 478 g/mol. The summed E-state index contributed by atoms with van der Waals surface area (Å²) in [5.74, 6) is 1.61. The molecule has 0 unspecified atom stereocenters. The molecule has 0 saturated heterocycles. The number of hydrazone groups is 1. The van der Waals surface area contributed by atoms with Crippen molar-refractivity contribution < 1.29 is 9.53 Å². The number of hydrogen-bond donors (Lipinski definition) is 1. The lowest BCUT2D eigenvalue weighted by atomic mass is 10.2. The molecule has 0 fully saturated rings. The van der Waals surface area contributed by atoms with Gasteiger partial charge in [0.15, 0.2) is 8.68 Å². The minimum atomic E-state index is -0.201. The molecule has 0 saturated carbocycles. The number of hydrogen-bond acceptors (Lipinski definition) is 8. The van der Waals surface area contributed by atoms with Gasteiger partial charge in [0.2, 0.25) is 0 Å². The van der Waals surface area contributed by atoms with Crippen LogP contribution in [0.2, 0.25) is 5.02 Å².